The smallest absolute Gasteiger partial charge is 0.0303 e. The summed E-state index contributed by atoms with van der Waals surface area (Å²) < 4.78 is 0. The highest BCUT2D eigenvalue weighted by Gasteiger charge is 2.44. The van der Waals surface area contributed by atoms with Crippen LogP contribution in [0.4, 0.5) is 0 Å². The summed E-state index contributed by atoms with van der Waals surface area (Å²) in [7, 11) is 0. The third-order valence-electron chi connectivity index (χ3n) is 5.57. The monoisotopic (exact) mass is 238 g/mol. The molecule has 2 heteroatoms. The van der Waals surface area contributed by atoms with Gasteiger partial charge in [0.15, 0.2) is 0 Å². The van der Waals surface area contributed by atoms with Gasteiger partial charge >= 0.3 is 0 Å². The predicted molar refractivity (Wildman–Crippen MR) is 74.4 cm³/mol. The first-order valence-corrected chi connectivity index (χ1v) is 7.70. The van der Waals surface area contributed by atoms with Crippen molar-refractivity contribution in [3.8, 4) is 0 Å². The fourth-order valence-corrected chi connectivity index (χ4v) is 3.73. The summed E-state index contributed by atoms with van der Waals surface area (Å²) in [5.41, 5.74) is 0.954. The molecule has 17 heavy (non-hydrogen) atoms. The van der Waals surface area contributed by atoms with E-state index >= 15 is 0 Å². The van der Waals surface area contributed by atoms with Crippen LogP contribution in [0.3, 0.4) is 0 Å². The Labute approximate surface area is 107 Å². The van der Waals surface area contributed by atoms with E-state index in [1.54, 1.807) is 0 Å². The van der Waals surface area contributed by atoms with Gasteiger partial charge in [-0.3, -0.25) is 4.90 Å². The second-order valence-electron chi connectivity index (χ2n) is 6.12. The van der Waals surface area contributed by atoms with Gasteiger partial charge in [-0.15, -0.1) is 0 Å². The predicted octanol–water partition coefficient (Wildman–Crippen LogP) is 3.17. The number of hydrogen-bond donors (Lipinski definition) is 1. The molecule has 0 amide bonds. The van der Waals surface area contributed by atoms with Gasteiger partial charge in [0.2, 0.25) is 0 Å². The fourth-order valence-electron chi connectivity index (χ4n) is 3.73. The Morgan fingerprint density at radius 1 is 1.00 bits per heavy atom. The molecule has 1 N–H and O–H groups in total. The minimum atomic E-state index is 0.383. The molecule has 2 aliphatic rings. The lowest BCUT2D eigenvalue weighted by molar-refractivity contribution is -0.00179. The van der Waals surface area contributed by atoms with E-state index in [1.807, 2.05) is 0 Å². The summed E-state index contributed by atoms with van der Waals surface area (Å²) in [6, 6.07) is 0. The quantitative estimate of drug-likeness (QED) is 0.809. The fraction of sp³-hybridized carbons (Fsp3) is 1.00. The first kappa shape index (κ1) is 13.4. The van der Waals surface area contributed by atoms with E-state index in [9.17, 15) is 0 Å². The molecule has 1 aliphatic carbocycles. The van der Waals surface area contributed by atoms with Gasteiger partial charge in [-0.05, 0) is 58.0 Å². The van der Waals surface area contributed by atoms with Gasteiger partial charge < -0.3 is 5.32 Å². The molecule has 0 atom stereocenters. The van der Waals surface area contributed by atoms with Gasteiger partial charge in [0.1, 0.15) is 0 Å². The molecular formula is C15H30N2. The van der Waals surface area contributed by atoms with Crippen molar-refractivity contribution in [2.45, 2.75) is 76.8 Å². The molecule has 2 fully saturated rings. The lowest BCUT2D eigenvalue weighted by Gasteiger charge is -2.52. The van der Waals surface area contributed by atoms with Crippen molar-refractivity contribution in [2.75, 3.05) is 19.6 Å². The van der Waals surface area contributed by atoms with E-state index in [0.717, 1.165) is 0 Å². The van der Waals surface area contributed by atoms with E-state index < -0.39 is 0 Å². The van der Waals surface area contributed by atoms with Crippen LogP contribution in [-0.2, 0) is 0 Å². The zero-order valence-corrected chi connectivity index (χ0v) is 12.0. The second-order valence-corrected chi connectivity index (χ2v) is 6.12. The van der Waals surface area contributed by atoms with Gasteiger partial charge in [-0.25, -0.2) is 0 Å². The van der Waals surface area contributed by atoms with E-state index in [2.05, 4.69) is 31.0 Å². The Morgan fingerprint density at radius 2 is 1.71 bits per heavy atom. The number of nitrogens with zero attached hydrogens (tertiary/aromatic N) is 1. The van der Waals surface area contributed by atoms with Crippen LogP contribution in [0.2, 0.25) is 0 Å². The van der Waals surface area contributed by atoms with Gasteiger partial charge in [0.25, 0.3) is 0 Å². The van der Waals surface area contributed by atoms with E-state index in [-0.39, 0.29) is 0 Å². The van der Waals surface area contributed by atoms with Crippen molar-refractivity contribution in [1.29, 1.82) is 0 Å². The van der Waals surface area contributed by atoms with Crippen LogP contribution in [0, 0.1) is 0 Å². The molecule has 0 unspecified atom stereocenters. The SMILES string of the molecule is CCC1(CC)CN(C2(CC)CCC2)CCCN1. The molecule has 0 radical (unpaired) electrons. The third kappa shape index (κ3) is 2.39. The van der Waals surface area contributed by atoms with Crippen LogP contribution in [0.25, 0.3) is 0 Å². The summed E-state index contributed by atoms with van der Waals surface area (Å²) in [5.74, 6) is 0. The van der Waals surface area contributed by atoms with Crippen LogP contribution < -0.4 is 5.32 Å². The Bertz CT molecular complexity index is 236. The molecule has 1 saturated carbocycles. The number of rotatable bonds is 4. The highest BCUT2D eigenvalue weighted by molar-refractivity contribution is 5.02. The van der Waals surface area contributed by atoms with Crippen molar-refractivity contribution >= 4 is 0 Å². The molecule has 1 saturated heterocycles. The average Bonchev–Trinajstić information content (AvgIpc) is 2.52. The molecule has 0 spiro atoms. The molecular weight excluding hydrogens is 208 g/mol. The van der Waals surface area contributed by atoms with Gasteiger partial charge in [-0.1, -0.05) is 20.8 Å². The summed E-state index contributed by atoms with van der Waals surface area (Å²) in [5, 5.41) is 3.83. The Hall–Kier alpha value is -0.0800. The maximum absolute atomic E-state index is 3.83. The van der Waals surface area contributed by atoms with Crippen LogP contribution in [0.5, 0.6) is 0 Å². The van der Waals surface area contributed by atoms with Gasteiger partial charge in [-0.2, -0.15) is 0 Å². The number of hydrogen-bond acceptors (Lipinski definition) is 2. The Morgan fingerprint density at radius 3 is 2.18 bits per heavy atom. The molecule has 1 heterocycles. The van der Waals surface area contributed by atoms with Crippen LogP contribution >= 0.6 is 0 Å². The summed E-state index contributed by atoms with van der Waals surface area (Å²) in [6.07, 6.45) is 9.52. The molecule has 2 nitrogen and oxygen atoms in total. The average molecular weight is 238 g/mol. The van der Waals surface area contributed by atoms with Crippen molar-refractivity contribution in [3.05, 3.63) is 0 Å². The molecule has 2 rings (SSSR count). The first-order chi connectivity index (χ1) is 8.20. The van der Waals surface area contributed by atoms with Crippen LogP contribution in [0.15, 0.2) is 0 Å². The van der Waals surface area contributed by atoms with Crippen molar-refractivity contribution in [3.63, 3.8) is 0 Å². The molecule has 100 valence electrons. The largest absolute Gasteiger partial charge is 0.310 e. The van der Waals surface area contributed by atoms with Crippen molar-refractivity contribution < 1.29 is 0 Å². The highest BCUT2D eigenvalue weighted by atomic mass is 15.3. The topological polar surface area (TPSA) is 15.3 Å². The van der Waals surface area contributed by atoms with E-state index in [0.29, 0.717) is 11.1 Å². The second kappa shape index (κ2) is 5.27. The van der Waals surface area contributed by atoms with Gasteiger partial charge in [0, 0.05) is 17.6 Å². The molecule has 0 aromatic heterocycles. The number of nitrogens with one attached hydrogen (secondary N) is 1. The standard InChI is InChI=1S/C15H30N2/c1-4-14(5-2)13-17(12-8-11-16-14)15(6-3)9-7-10-15/h16H,4-13H2,1-3H3. The van der Waals surface area contributed by atoms with Gasteiger partial charge in [0.05, 0.1) is 0 Å². The van der Waals surface area contributed by atoms with E-state index in [4.69, 9.17) is 0 Å². The third-order valence-corrected chi connectivity index (χ3v) is 5.57. The molecule has 0 aromatic rings. The first-order valence-electron chi connectivity index (χ1n) is 7.70. The molecule has 1 aliphatic heterocycles. The minimum absolute atomic E-state index is 0.383. The summed E-state index contributed by atoms with van der Waals surface area (Å²) in [4.78, 5) is 2.84. The summed E-state index contributed by atoms with van der Waals surface area (Å²) in [6.45, 7) is 10.9. The van der Waals surface area contributed by atoms with Crippen molar-refractivity contribution in [2.24, 2.45) is 0 Å². The van der Waals surface area contributed by atoms with Crippen LogP contribution in [-0.4, -0.2) is 35.6 Å². The minimum Gasteiger partial charge on any atom is -0.310 e. The highest BCUT2D eigenvalue weighted by Crippen LogP contribution is 2.42. The Kier molecular flexibility index (Phi) is 4.14. The summed E-state index contributed by atoms with van der Waals surface area (Å²) >= 11 is 0. The Balaban J connectivity index is 2.11. The lowest BCUT2D eigenvalue weighted by Crippen LogP contribution is -2.59. The normalized spacial score (nSPS) is 28.4. The lowest BCUT2D eigenvalue weighted by atomic mass is 9.72. The zero-order valence-electron chi connectivity index (χ0n) is 12.0. The molecule has 0 bridgehead atoms. The maximum atomic E-state index is 3.83. The van der Waals surface area contributed by atoms with Crippen molar-refractivity contribution in [1.82, 2.24) is 10.2 Å². The molecule has 0 aromatic carbocycles. The maximum Gasteiger partial charge on any atom is 0.0303 e. The van der Waals surface area contributed by atoms with E-state index in [1.165, 1.54) is 64.6 Å². The zero-order chi connectivity index (χ0) is 12.4. The van der Waals surface area contributed by atoms with Crippen LogP contribution in [0.1, 0.15) is 65.7 Å².